The maximum atomic E-state index is 11.9. The van der Waals surface area contributed by atoms with Crippen molar-refractivity contribution in [2.75, 3.05) is 0 Å². The molecule has 10 heteroatoms. The van der Waals surface area contributed by atoms with Crippen molar-refractivity contribution in [1.29, 1.82) is 0 Å². The van der Waals surface area contributed by atoms with Crippen LogP contribution in [-0.4, -0.2) is 44.2 Å². The third-order valence-electron chi connectivity index (χ3n) is 1.85. The predicted octanol–water partition coefficient (Wildman–Crippen LogP) is 0.0433. The number of amides is 1. The summed E-state index contributed by atoms with van der Waals surface area (Å²) >= 11 is 0. The molecule has 1 atom stereocenters. The molecule has 0 bridgehead atoms. The summed E-state index contributed by atoms with van der Waals surface area (Å²) in [6, 6.07) is -0.873. The Balaban J connectivity index is 2.57. The van der Waals surface area contributed by atoms with Gasteiger partial charge in [0.05, 0.1) is 12.7 Å². The molecule has 1 rings (SSSR count). The zero-order chi connectivity index (χ0) is 13.9. The van der Waals surface area contributed by atoms with E-state index in [4.69, 9.17) is 5.11 Å². The van der Waals surface area contributed by atoms with Crippen molar-refractivity contribution in [2.24, 2.45) is 0 Å². The largest absolute Gasteiger partial charge is 0.476 e. The van der Waals surface area contributed by atoms with Crippen LogP contribution in [-0.2, 0) is 11.3 Å². The van der Waals surface area contributed by atoms with Gasteiger partial charge in [0.25, 0.3) is 0 Å². The Morgan fingerprint density at radius 3 is 2.61 bits per heavy atom. The van der Waals surface area contributed by atoms with E-state index in [1.165, 1.54) is 6.92 Å². The van der Waals surface area contributed by atoms with Crippen LogP contribution in [0.4, 0.5) is 13.2 Å². The molecule has 0 saturated heterocycles. The number of hydrogen-bond donors (Lipinski definition) is 2. The molecule has 7 nitrogen and oxygen atoms in total. The number of alkyl halides is 3. The van der Waals surface area contributed by atoms with Gasteiger partial charge in [0, 0.05) is 6.04 Å². The van der Waals surface area contributed by atoms with Gasteiger partial charge in [-0.2, -0.15) is 13.2 Å². The second-order valence-electron chi connectivity index (χ2n) is 3.50. The van der Waals surface area contributed by atoms with E-state index in [2.05, 4.69) is 10.3 Å². The van der Waals surface area contributed by atoms with E-state index in [0.29, 0.717) is 0 Å². The van der Waals surface area contributed by atoms with Crippen LogP contribution in [0.15, 0.2) is 6.20 Å². The molecular weight excluding hydrogens is 257 g/mol. The number of halogens is 3. The number of nitrogens with zero attached hydrogens (tertiary/aromatic N) is 3. The first-order chi connectivity index (χ1) is 8.20. The van der Waals surface area contributed by atoms with E-state index in [1.54, 1.807) is 5.32 Å². The lowest BCUT2D eigenvalue weighted by molar-refractivity contribution is -0.174. The fraction of sp³-hybridized carbons (Fsp3) is 0.500. The van der Waals surface area contributed by atoms with Gasteiger partial charge >= 0.3 is 18.1 Å². The first kappa shape index (κ1) is 13.9. The molecule has 0 aliphatic heterocycles. The number of carboxylic acid groups (broad SMARTS) is 1. The summed E-state index contributed by atoms with van der Waals surface area (Å²) in [5.74, 6) is -3.36. The highest BCUT2D eigenvalue weighted by molar-refractivity contribution is 5.84. The van der Waals surface area contributed by atoms with Crippen LogP contribution in [0.3, 0.4) is 0 Å². The van der Waals surface area contributed by atoms with Crippen molar-refractivity contribution in [3.05, 3.63) is 11.9 Å². The second kappa shape index (κ2) is 5.02. The molecule has 2 N–H and O–H groups in total. The number of rotatable bonds is 4. The topological polar surface area (TPSA) is 97.1 Å². The minimum absolute atomic E-state index is 0.123. The van der Waals surface area contributed by atoms with Crippen LogP contribution in [0, 0.1) is 0 Å². The lowest BCUT2D eigenvalue weighted by Crippen LogP contribution is -2.43. The van der Waals surface area contributed by atoms with Crippen molar-refractivity contribution in [3.63, 3.8) is 0 Å². The molecule has 0 unspecified atom stereocenters. The number of aromatic nitrogens is 3. The van der Waals surface area contributed by atoms with Gasteiger partial charge in [-0.05, 0) is 6.92 Å². The highest BCUT2D eigenvalue weighted by Crippen LogP contribution is 2.14. The van der Waals surface area contributed by atoms with Gasteiger partial charge < -0.3 is 10.4 Å². The summed E-state index contributed by atoms with van der Waals surface area (Å²) in [5.41, 5.74) is -0.329. The quantitative estimate of drug-likeness (QED) is 0.802. The van der Waals surface area contributed by atoms with E-state index in [1.807, 2.05) is 0 Å². The van der Waals surface area contributed by atoms with Gasteiger partial charge in [-0.25, -0.2) is 9.48 Å². The number of hydrogen-bond acceptors (Lipinski definition) is 4. The summed E-state index contributed by atoms with van der Waals surface area (Å²) in [7, 11) is 0. The zero-order valence-electron chi connectivity index (χ0n) is 9.10. The fourth-order valence-corrected chi connectivity index (χ4v) is 1.12. The molecule has 1 heterocycles. The zero-order valence-corrected chi connectivity index (χ0v) is 9.10. The van der Waals surface area contributed by atoms with Gasteiger partial charge in [0.2, 0.25) is 0 Å². The highest BCUT2D eigenvalue weighted by atomic mass is 19.4. The van der Waals surface area contributed by atoms with Crippen LogP contribution < -0.4 is 5.32 Å². The lowest BCUT2D eigenvalue weighted by atomic mass is 10.3. The molecule has 1 aromatic rings. The van der Waals surface area contributed by atoms with Crippen LogP contribution in [0.5, 0.6) is 0 Å². The molecule has 0 aliphatic rings. The van der Waals surface area contributed by atoms with Gasteiger partial charge in [-0.15, -0.1) is 5.10 Å². The predicted molar refractivity (Wildman–Crippen MR) is 50.6 cm³/mol. The van der Waals surface area contributed by atoms with Crippen molar-refractivity contribution in [2.45, 2.75) is 25.7 Å². The summed E-state index contributed by atoms with van der Waals surface area (Å²) in [6.07, 6.45) is -3.90. The molecule has 1 aromatic heterocycles. The van der Waals surface area contributed by atoms with Crippen molar-refractivity contribution in [1.82, 2.24) is 20.3 Å². The van der Waals surface area contributed by atoms with Crippen LogP contribution in [0.1, 0.15) is 17.4 Å². The molecule has 0 fully saturated rings. The molecule has 0 saturated carbocycles. The number of carboxylic acids is 1. The van der Waals surface area contributed by atoms with Crippen molar-refractivity contribution >= 4 is 11.9 Å². The molecule has 0 aromatic carbocycles. The SMILES string of the molecule is C[C@@H](Cn1cc(C(=O)O)nn1)NC(=O)C(F)(F)F. The molecule has 1 amide bonds. The lowest BCUT2D eigenvalue weighted by Gasteiger charge is -2.14. The molecule has 100 valence electrons. The summed E-state index contributed by atoms with van der Waals surface area (Å²) in [4.78, 5) is 21.1. The minimum atomic E-state index is -4.96. The maximum Gasteiger partial charge on any atom is 0.471 e. The Bertz CT molecular complexity index is 457. The van der Waals surface area contributed by atoms with Crippen LogP contribution in [0.2, 0.25) is 0 Å². The van der Waals surface area contributed by atoms with Crippen LogP contribution in [0.25, 0.3) is 0 Å². The molecule has 0 spiro atoms. The third kappa shape index (κ3) is 3.71. The number of carbonyl (C=O) groups is 2. The number of aromatic carboxylic acids is 1. The Morgan fingerprint density at radius 1 is 1.56 bits per heavy atom. The first-order valence-corrected chi connectivity index (χ1v) is 4.71. The van der Waals surface area contributed by atoms with E-state index in [0.717, 1.165) is 10.9 Å². The molecule has 0 radical (unpaired) electrons. The van der Waals surface area contributed by atoms with E-state index < -0.39 is 24.1 Å². The Morgan fingerprint density at radius 2 is 2.17 bits per heavy atom. The molecular formula is C8H9F3N4O3. The third-order valence-corrected chi connectivity index (χ3v) is 1.85. The standard InChI is InChI=1S/C8H9F3N4O3/c1-4(12-7(18)8(9,10)11)2-15-3-5(6(16)17)13-14-15/h3-4H,2H2,1H3,(H,12,18)(H,16,17)/t4-/m0/s1. The average molecular weight is 266 g/mol. The van der Waals surface area contributed by atoms with E-state index in [9.17, 15) is 22.8 Å². The van der Waals surface area contributed by atoms with Gasteiger partial charge in [-0.3, -0.25) is 4.79 Å². The number of nitrogens with one attached hydrogen (secondary N) is 1. The number of carbonyl (C=O) groups excluding carboxylic acids is 1. The Kier molecular flexibility index (Phi) is 3.89. The van der Waals surface area contributed by atoms with Gasteiger partial charge in [-0.1, -0.05) is 5.21 Å². The summed E-state index contributed by atoms with van der Waals surface area (Å²) < 4.78 is 36.8. The van der Waals surface area contributed by atoms with Crippen LogP contribution >= 0.6 is 0 Å². The summed E-state index contributed by atoms with van der Waals surface area (Å²) in [5, 5.41) is 16.9. The van der Waals surface area contributed by atoms with Gasteiger partial charge in [0.15, 0.2) is 5.69 Å². The Labute approximate surface area is 98.6 Å². The highest BCUT2D eigenvalue weighted by Gasteiger charge is 2.39. The first-order valence-electron chi connectivity index (χ1n) is 4.71. The normalized spacial score (nSPS) is 13.1. The smallest absolute Gasteiger partial charge is 0.471 e. The maximum absolute atomic E-state index is 11.9. The monoisotopic (exact) mass is 266 g/mol. The second-order valence-corrected chi connectivity index (χ2v) is 3.50. The average Bonchev–Trinajstić information content (AvgIpc) is 2.64. The van der Waals surface area contributed by atoms with Gasteiger partial charge in [0.1, 0.15) is 0 Å². The summed E-state index contributed by atoms with van der Waals surface area (Å²) in [6.45, 7) is 1.20. The van der Waals surface area contributed by atoms with E-state index in [-0.39, 0.29) is 12.2 Å². The molecule has 18 heavy (non-hydrogen) atoms. The molecule has 0 aliphatic carbocycles. The minimum Gasteiger partial charge on any atom is -0.476 e. The fourth-order valence-electron chi connectivity index (χ4n) is 1.12. The van der Waals surface area contributed by atoms with Crippen molar-refractivity contribution in [3.8, 4) is 0 Å². The van der Waals surface area contributed by atoms with E-state index >= 15 is 0 Å². The Hall–Kier alpha value is -2.13. The van der Waals surface area contributed by atoms with Crippen molar-refractivity contribution < 1.29 is 27.9 Å².